The Labute approximate surface area is 194 Å². The molecule has 0 aliphatic carbocycles. The molecule has 2 aliphatic rings. The van der Waals surface area contributed by atoms with E-state index in [2.05, 4.69) is 27.8 Å². The fourth-order valence-electron chi connectivity index (χ4n) is 4.06. The van der Waals surface area contributed by atoms with Crippen molar-refractivity contribution >= 4 is 24.1 Å². The summed E-state index contributed by atoms with van der Waals surface area (Å²) in [5, 5.41) is 8.10. The first-order chi connectivity index (χ1) is 16.0. The van der Waals surface area contributed by atoms with Crippen molar-refractivity contribution in [2.24, 2.45) is 0 Å². The summed E-state index contributed by atoms with van der Waals surface area (Å²) in [6.45, 7) is 2.85. The van der Waals surface area contributed by atoms with Gasteiger partial charge in [0.1, 0.15) is 6.04 Å². The highest BCUT2D eigenvalue weighted by molar-refractivity contribution is 5.89. The lowest BCUT2D eigenvalue weighted by Crippen LogP contribution is -2.44. The van der Waals surface area contributed by atoms with E-state index in [1.807, 2.05) is 0 Å². The number of rotatable bonds is 8. The van der Waals surface area contributed by atoms with Crippen molar-refractivity contribution in [2.45, 2.75) is 37.8 Å². The van der Waals surface area contributed by atoms with E-state index < -0.39 is 12.1 Å². The van der Waals surface area contributed by atoms with Gasteiger partial charge < -0.3 is 25.8 Å². The molecule has 1 aromatic carbocycles. The van der Waals surface area contributed by atoms with E-state index >= 15 is 0 Å². The summed E-state index contributed by atoms with van der Waals surface area (Å²) in [7, 11) is 1.67. The molecule has 0 radical (unpaired) electrons. The van der Waals surface area contributed by atoms with Gasteiger partial charge in [-0.05, 0) is 50.4 Å². The highest BCUT2D eigenvalue weighted by Crippen LogP contribution is 2.20. The second-order valence-electron chi connectivity index (χ2n) is 8.20. The monoisotopic (exact) mass is 453 g/mol. The Balaban J connectivity index is 1.75. The Hall–Kier alpha value is -3.38. The van der Waals surface area contributed by atoms with Crippen LogP contribution in [0.1, 0.15) is 42.9 Å². The van der Waals surface area contributed by atoms with E-state index in [0.29, 0.717) is 43.7 Å². The molecule has 33 heavy (non-hydrogen) atoms. The first kappa shape index (κ1) is 24.3. The van der Waals surface area contributed by atoms with Gasteiger partial charge in [0, 0.05) is 31.7 Å². The van der Waals surface area contributed by atoms with Crippen LogP contribution in [0.2, 0.25) is 0 Å². The molecular formula is C24H31N5O4. The van der Waals surface area contributed by atoms with Crippen LogP contribution in [0, 0.1) is 11.8 Å². The van der Waals surface area contributed by atoms with Gasteiger partial charge in [-0.15, -0.1) is 0 Å². The number of carbonyl (C=O) groups excluding carboxylic acids is 4. The Morgan fingerprint density at radius 3 is 2.09 bits per heavy atom. The van der Waals surface area contributed by atoms with Crippen molar-refractivity contribution < 1.29 is 19.2 Å². The number of amides is 4. The lowest BCUT2D eigenvalue weighted by atomic mass is 10.0. The molecule has 0 aromatic heterocycles. The number of nitrogens with zero attached hydrogens (tertiary/aromatic N) is 2. The molecule has 3 rings (SSSR count). The first-order valence-corrected chi connectivity index (χ1v) is 11.4. The van der Waals surface area contributed by atoms with Crippen molar-refractivity contribution in [3.63, 3.8) is 0 Å². The largest absolute Gasteiger partial charge is 0.341 e. The Morgan fingerprint density at radius 1 is 0.970 bits per heavy atom. The van der Waals surface area contributed by atoms with Crippen LogP contribution in [0.3, 0.4) is 0 Å². The number of benzene rings is 1. The Bertz CT molecular complexity index is 909. The number of nitrogens with one attached hydrogen (secondary N) is 3. The van der Waals surface area contributed by atoms with Crippen LogP contribution >= 0.6 is 0 Å². The summed E-state index contributed by atoms with van der Waals surface area (Å²) in [5.41, 5.74) is 1.30. The predicted molar refractivity (Wildman–Crippen MR) is 123 cm³/mol. The molecule has 2 aliphatic heterocycles. The third-order valence-corrected chi connectivity index (χ3v) is 5.81. The second kappa shape index (κ2) is 12.0. The first-order valence-electron chi connectivity index (χ1n) is 11.4. The minimum Gasteiger partial charge on any atom is -0.341 e. The van der Waals surface area contributed by atoms with Crippen LogP contribution in [-0.2, 0) is 19.2 Å². The molecule has 0 bridgehead atoms. The van der Waals surface area contributed by atoms with Crippen LogP contribution in [-0.4, -0.2) is 79.7 Å². The van der Waals surface area contributed by atoms with Crippen LogP contribution < -0.4 is 16.0 Å². The number of hydrogen-bond acceptors (Lipinski definition) is 5. The Morgan fingerprint density at radius 2 is 1.55 bits per heavy atom. The average molecular weight is 454 g/mol. The second-order valence-corrected chi connectivity index (χ2v) is 8.20. The van der Waals surface area contributed by atoms with Crippen molar-refractivity contribution in [3.8, 4) is 11.8 Å². The molecule has 2 fully saturated rings. The number of hydrogen-bond donors (Lipinski definition) is 3. The zero-order valence-corrected chi connectivity index (χ0v) is 18.9. The molecule has 0 saturated carbocycles. The standard InChI is InChI=1S/C24H31N5O4/c1-25-16-21(31)27-22(24(33)29-14-4-5-15-29)19-9-6-18(7-10-19)8-11-20(26-17-30)23(32)28-12-2-3-13-28/h6-7,9-10,17,20,22,25H,2-5,12-16H2,1H3,(H,26,30)(H,27,31). The van der Waals surface area contributed by atoms with E-state index in [1.165, 1.54) is 0 Å². The maximum absolute atomic E-state index is 13.0. The van der Waals surface area contributed by atoms with Crippen molar-refractivity contribution in [2.75, 3.05) is 39.8 Å². The van der Waals surface area contributed by atoms with Gasteiger partial charge in [-0.1, -0.05) is 24.0 Å². The highest BCUT2D eigenvalue weighted by atomic mass is 16.2. The normalized spacial score (nSPS) is 17.0. The van der Waals surface area contributed by atoms with Crippen molar-refractivity contribution in [1.29, 1.82) is 0 Å². The van der Waals surface area contributed by atoms with Gasteiger partial charge in [0.2, 0.25) is 18.2 Å². The summed E-state index contributed by atoms with van der Waals surface area (Å²) in [5.74, 6) is 5.19. The van der Waals surface area contributed by atoms with Crippen LogP contribution in [0.25, 0.3) is 0 Å². The summed E-state index contributed by atoms with van der Waals surface area (Å²) in [6.07, 6.45) is 4.32. The fourth-order valence-corrected chi connectivity index (χ4v) is 4.06. The van der Waals surface area contributed by atoms with Gasteiger partial charge in [0.15, 0.2) is 6.04 Å². The van der Waals surface area contributed by atoms with Crippen molar-refractivity contribution in [1.82, 2.24) is 25.8 Å². The molecule has 1 aromatic rings. The summed E-state index contributed by atoms with van der Waals surface area (Å²) < 4.78 is 0. The average Bonchev–Trinajstić information content (AvgIpc) is 3.55. The van der Waals surface area contributed by atoms with Gasteiger partial charge in [-0.25, -0.2) is 0 Å². The third kappa shape index (κ3) is 6.56. The van der Waals surface area contributed by atoms with E-state index in [-0.39, 0.29) is 24.3 Å². The fraction of sp³-hybridized carbons (Fsp3) is 0.500. The summed E-state index contributed by atoms with van der Waals surface area (Å²) in [6, 6.07) is 5.34. The molecule has 2 atom stereocenters. The van der Waals surface area contributed by atoms with E-state index in [9.17, 15) is 19.2 Å². The zero-order valence-electron chi connectivity index (χ0n) is 18.9. The van der Waals surface area contributed by atoms with Gasteiger partial charge in [-0.3, -0.25) is 19.2 Å². The molecular weight excluding hydrogens is 422 g/mol. The van der Waals surface area contributed by atoms with E-state index in [1.54, 1.807) is 41.1 Å². The van der Waals surface area contributed by atoms with Crippen LogP contribution in [0.15, 0.2) is 24.3 Å². The topological polar surface area (TPSA) is 111 Å². The zero-order chi connectivity index (χ0) is 23.6. The van der Waals surface area contributed by atoms with E-state index in [4.69, 9.17) is 0 Å². The van der Waals surface area contributed by atoms with Crippen LogP contribution in [0.4, 0.5) is 0 Å². The number of likely N-dealkylation sites (tertiary alicyclic amines) is 2. The van der Waals surface area contributed by atoms with Gasteiger partial charge in [-0.2, -0.15) is 0 Å². The minimum absolute atomic E-state index is 0.115. The third-order valence-electron chi connectivity index (χ3n) is 5.81. The van der Waals surface area contributed by atoms with E-state index in [0.717, 1.165) is 25.7 Å². The maximum atomic E-state index is 13.0. The lowest BCUT2D eigenvalue weighted by Gasteiger charge is -2.24. The molecule has 2 heterocycles. The molecule has 0 spiro atoms. The number of carbonyl (C=O) groups is 4. The van der Waals surface area contributed by atoms with Gasteiger partial charge >= 0.3 is 0 Å². The minimum atomic E-state index is -0.898. The summed E-state index contributed by atoms with van der Waals surface area (Å²) in [4.78, 5) is 52.2. The SMILES string of the molecule is CNCC(=O)NC(C(=O)N1CCCC1)c1ccc(C#CC(NC=O)C(=O)N2CCCC2)cc1. The maximum Gasteiger partial charge on any atom is 0.257 e. The predicted octanol–water partition coefficient (Wildman–Crippen LogP) is -0.226. The van der Waals surface area contributed by atoms with Gasteiger partial charge in [0.05, 0.1) is 6.54 Å². The molecule has 4 amide bonds. The highest BCUT2D eigenvalue weighted by Gasteiger charge is 2.29. The molecule has 176 valence electrons. The van der Waals surface area contributed by atoms with Crippen LogP contribution in [0.5, 0.6) is 0 Å². The Kier molecular flexibility index (Phi) is 8.84. The molecule has 3 N–H and O–H groups in total. The lowest BCUT2D eigenvalue weighted by molar-refractivity contribution is -0.135. The van der Waals surface area contributed by atoms with Gasteiger partial charge in [0.25, 0.3) is 5.91 Å². The molecule has 9 heteroatoms. The quantitative estimate of drug-likeness (QED) is 0.372. The molecule has 2 saturated heterocycles. The smallest absolute Gasteiger partial charge is 0.257 e. The van der Waals surface area contributed by atoms with Crippen molar-refractivity contribution in [3.05, 3.63) is 35.4 Å². The molecule has 2 unspecified atom stereocenters. The number of likely N-dealkylation sites (N-methyl/N-ethyl adjacent to an activating group) is 1. The molecule has 9 nitrogen and oxygen atoms in total. The summed E-state index contributed by atoms with van der Waals surface area (Å²) >= 11 is 0.